The van der Waals surface area contributed by atoms with Gasteiger partial charge in [0, 0.05) is 24.5 Å². The molecular weight excluding hydrogens is 164 g/mol. The SMILES string of the molecule is CCC1(C)CNC(=O)N(C(C)C)C1. The Labute approximate surface area is 80.5 Å². The van der Waals surface area contributed by atoms with Gasteiger partial charge in [-0.25, -0.2) is 4.79 Å². The first-order valence-corrected chi connectivity index (χ1v) is 5.03. The standard InChI is InChI=1S/C10H20N2O/c1-5-10(4)6-11-9(13)12(7-10)8(2)3/h8H,5-7H2,1-4H3,(H,11,13). The smallest absolute Gasteiger partial charge is 0.317 e. The highest BCUT2D eigenvalue weighted by molar-refractivity contribution is 5.75. The Morgan fingerprint density at radius 2 is 2.23 bits per heavy atom. The molecule has 1 heterocycles. The average molecular weight is 184 g/mol. The molecular formula is C10H20N2O. The minimum atomic E-state index is 0.0842. The van der Waals surface area contributed by atoms with Crippen molar-refractivity contribution in [1.29, 1.82) is 0 Å². The molecule has 1 aliphatic heterocycles. The van der Waals surface area contributed by atoms with E-state index in [4.69, 9.17) is 0 Å². The van der Waals surface area contributed by atoms with Gasteiger partial charge >= 0.3 is 6.03 Å². The van der Waals surface area contributed by atoms with E-state index in [-0.39, 0.29) is 11.4 Å². The van der Waals surface area contributed by atoms with Crippen molar-refractivity contribution in [1.82, 2.24) is 10.2 Å². The Bertz CT molecular complexity index is 203. The molecule has 76 valence electrons. The molecule has 0 aromatic rings. The molecule has 1 rings (SSSR count). The van der Waals surface area contributed by atoms with E-state index in [2.05, 4.69) is 33.0 Å². The second-order valence-corrected chi connectivity index (χ2v) is 4.54. The number of nitrogens with zero attached hydrogens (tertiary/aromatic N) is 1. The molecule has 1 N–H and O–H groups in total. The molecule has 1 aliphatic rings. The fourth-order valence-corrected chi connectivity index (χ4v) is 1.58. The van der Waals surface area contributed by atoms with Gasteiger partial charge < -0.3 is 10.2 Å². The molecule has 3 heteroatoms. The van der Waals surface area contributed by atoms with Crippen LogP contribution in [-0.2, 0) is 0 Å². The largest absolute Gasteiger partial charge is 0.337 e. The first-order chi connectivity index (χ1) is 5.98. The summed E-state index contributed by atoms with van der Waals surface area (Å²) in [5, 5.41) is 2.94. The molecule has 0 radical (unpaired) electrons. The molecule has 0 aromatic carbocycles. The van der Waals surface area contributed by atoms with Crippen LogP contribution >= 0.6 is 0 Å². The number of amides is 2. The van der Waals surface area contributed by atoms with Crippen molar-refractivity contribution in [3.8, 4) is 0 Å². The maximum Gasteiger partial charge on any atom is 0.317 e. The summed E-state index contributed by atoms with van der Waals surface area (Å²) in [6, 6.07) is 0.382. The van der Waals surface area contributed by atoms with Crippen LogP contribution in [0, 0.1) is 5.41 Å². The summed E-state index contributed by atoms with van der Waals surface area (Å²) in [7, 11) is 0. The minimum Gasteiger partial charge on any atom is -0.337 e. The highest BCUT2D eigenvalue weighted by atomic mass is 16.2. The van der Waals surface area contributed by atoms with Crippen LogP contribution < -0.4 is 5.32 Å². The molecule has 0 bridgehead atoms. The van der Waals surface area contributed by atoms with E-state index in [9.17, 15) is 4.79 Å². The molecule has 0 aromatic heterocycles. The maximum atomic E-state index is 11.5. The molecule has 0 aliphatic carbocycles. The van der Waals surface area contributed by atoms with Gasteiger partial charge in [-0.1, -0.05) is 13.8 Å². The first kappa shape index (κ1) is 10.4. The van der Waals surface area contributed by atoms with Crippen molar-refractivity contribution in [2.75, 3.05) is 13.1 Å². The number of nitrogens with one attached hydrogen (secondary N) is 1. The summed E-state index contributed by atoms with van der Waals surface area (Å²) in [5.74, 6) is 0. The van der Waals surface area contributed by atoms with Gasteiger partial charge in [0.1, 0.15) is 0 Å². The Balaban J connectivity index is 2.68. The van der Waals surface area contributed by atoms with Gasteiger partial charge in [-0.3, -0.25) is 0 Å². The van der Waals surface area contributed by atoms with E-state index >= 15 is 0 Å². The molecule has 0 spiro atoms. The number of hydrogen-bond donors (Lipinski definition) is 1. The molecule has 2 amide bonds. The molecule has 1 saturated heterocycles. The Morgan fingerprint density at radius 3 is 2.69 bits per heavy atom. The molecule has 1 fully saturated rings. The number of rotatable bonds is 2. The Hall–Kier alpha value is -0.730. The quantitative estimate of drug-likeness (QED) is 0.697. The zero-order valence-corrected chi connectivity index (χ0v) is 9.05. The van der Waals surface area contributed by atoms with E-state index < -0.39 is 0 Å². The van der Waals surface area contributed by atoms with Crippen LogP contribution in [0.1, 0.15) is 34.1 Å². The van der Waals surface area contributed by atoms with Gasteiger partial charge in [0.2, 0.25) is 0 Å². The molecule has 1 unspecified atom stereocenters. The third-order valence-electron chi connectivity index (χ3n) is 2.96. The fourth-order valence-electron chi connectivity index (χ4n) is 1.58. The predicted octanol–water partition coefficient (Wildman–Crippen LogP) is 1.84. The predicted molar refractivity (Wildman–Crippen MR) is 53.6 cm³/mol. The summed E-state index contributed by atoms with van der Waals surface area (Å²) < 4.78 is 0. The number of hydrogen-bond acceptors (Lipinski definition) is 1. The van der Waals surface area contributed by atoms with Crippen LogP contribution in [0.2, 0.25) is 0 Å². The van der Waals surface area contributed by atoms with Crippen molar-refractivity contribution in [2.24, 2.45) is 5.41 Å². The van der Waals surface area contributed by atoms with Crippen LogP contribution in [0.25, 0.3) is 0 Å². The lowest BCUT2D eigenvalue weighted by molar-refractivity contribution is 0.108. The monoisotopic (exact) mass is 184 g/mol. The zero-order chi connectivity index (χ0) is 10.1. The number of urea groups is 1. The molecule has 3 nitrogen and oxygen atoms in total. The van der Waals surface area contributed by atoms with E-state index in [1.807, 2.05) is 4.90 Å². The van der Waals surface area contributed by atoms with Gasteiger partial charge in [-0.15, -0.1) is 0 Å². The van der Waals surface area contributed by atoms with Crippen LogP contribution in [0.4, 0.5) is 4.79 Å². The van der Waals surface area contributed by atoms with Gasteiger partial charge in [0.25, 0.3) is 0 Å². The van der Waals surface area contributed by atoms with Crippen molar-refractivity contribution in [3.63, 3.8) is 0 Å². The van der Waals surface area contributed by atoms with E-state index in [0.29, 0.717) is 6.04 Å². The Morgan fingerprint density at radius 1 is 1.62 bits per heavy atom. The summed E-state index contributed by atoms with van der Waals surface area (Å²) in [4.78, 5) is 13.4. The van der Waals surface area contributed by atoms with E-state index in [1.54, 1.807) is 0 Å². The molecule has 13 heavy (non-hydrogen) atoms. The number of carbonyl (C=O) groups is 1. The van der Waals surface area contributed by atoms with Crippen molar-refractivity contribution in [3.05, 3.63) is 0 Å². The van der Waals surface area contributed by atoms with E-state index in [0.717, 1.165) is 19.5 Å². The highest BCUT2D eigenvalue weighted by Gasteiger charge is 2.34. The van der Waals surface area contributed by atoms with Crippen LogP contribution in [0.5, 0.6) is 0 Å². The second-order valence-electron chi connectivity index (χ2n) is 4.54. The summed E-state index contributed by atoms with van der Waals surface area (Å²) in [6.45, 7) is 10.2. The lowest BCUT2D eigenvalue weighted by Gasteiger charge is -2.42. The Kier molecular flexibility index (Phi) is 2.84. The van der Waals surface area contributed by atoms with Crippen LogP contribution in [0.15, 0.2) is 0 Å². The van der Waals surface area contributed by atoms with Gasteiger partial charge in [-0.05, 0) is 20.3 Å². The molecule has 1 atom stereocenters. The summed E-state index contributed by atoms with van der Waals surface area (Å²) in [5.41, 5.74) is 0.248. The lowest BCUT2D eigenvalue weighted by atomic mass is 9.85. The third kappa shape index (κ3) is 2.14. The summed E-state index contributed by atoms with van der Waals surface area (Å²) >= 11 is 0. The van der Waals surface area contributed by atoms with E-state index in [1.165, 1.54) is 0 Å². The number of carbonyl (C=O) groups excluding carboxylic acids is 1. The first-order valence-electron chi connectivity index (χ1n) is 5.03. The minimum absolute atomic E-state index is 0.0842. The zero-order valence-electron chi connectivity index (χ0n) is 9.05. The van der Waals surface area contributed by atoms with Crippen LogP contribution in [-0.4, -0.2) is 30.1 Å². The topological polar surface area (TPSA) is 32.3 Å². The van der Waals surface area contributed by atoms with Crippen LogP contribution in [0.3, 0.4) is 0 Å². The third-order valence-corrected chi connectivity index (χ3v) is 2.96. The van der Waals surface area contributed by atoms with Crippen molar-refractivity contribution in [2.45, 2.75) is 40.2 Å². The highest BCUT2D eigenvalue weighted by Crippen LogP contribution is 2.25. The van der Waals surface area contributed by atoms with Gasteiger partial charge in [-0.2, -0.15) is 0 Å². The van der Waals surface area contributed by atoms with Gasteiger partial charge in [0.15, 0.2) is 0 Å². The van der Waals surface area contributed by atoms with Gasteiger partial charge in [0.05, 0.1) is 0 Å². The van der Waals surface area contributed by atoms with Crippen molar-refractivity contribution >= 4 is 6.03 Å². The summed E-state index contributed by atoms with van der Waals surface area (Å²) in [6.07, 6.45) is 1.11. The maximum absolute atomic E-state index is 11.5. The normalized spacial score (nSPS) is 29.3. The average Bonchev–Trinajstić information content (AvgIpc) is 2.09. The molecule has 0 saturated carbocycles. The fraction of sp³-hybridized carbons (Fsp3) is 0.900. The second kappa shape index (κ2) is 3.56. The lowest BCUT2D eigenvalue weighted by Crippen LogP contribution is -2.57. The van der Waals surface area contributed by atoms with Crippen molar-refractivity contribution < 1.29 is 4.79 Å².